The molecule has 62 valence electrons. The van der Waals surface area contributed by atoms with Gasteiger partial charge >= 0.3 is 0 Å². The van der Waals surface area contributed by atoms with Crippen molar-refractivity contribution >= 4 is 0 Å². The summed E-state index contributed by atoms with van der Waals surface area (Å²) in [6.45, 7) is 1.14. The minimum absolute atomic E-state index is 1.10. The highest BCUT2D eigenvalue weighted by Crippen LogP contribution is 1.96. The lowest BCUT2D eigenvalue weighted by Gasteiger charge is -2.07. The molecule has 3 heteroatoms. The van der Waals surface area contributed by atoms with Crippen LogP contribution in [0.4, 0.5) is 0 Å². The van der Waals surface area contributed by atoms with Crippen molar-refractivity contribution in [3.05, 3.63) is 18.2 Å². The minimum atomic E-state index is 1.10. The van der Waals surface area contributed by atoms with Crippen molar-refractivity contribution in [2.75, 3.05) is 20.6 Å². The van der Waals surface area contributed by atoms with Crippen molar-refractivity contribution in [1.29, 1.82) is 0 Å². The first-order chi connectivity index (χ1) is 5.29. The smallest absolute Gasteiger partial charge is 0.0921 e. The predicted molar refractivity (Wildman–Crippen MR) is 45.5 cm³/mol. The zero-order valence-electron chi connectivity index (χ0n) is 7.17. The molecule has 1 N–H and O–H groups in total. The number of rotatable bonds is 4. The Labute approximate surface area is 67.4 Å². The maximum Gasteiger partial charge on any atom is 0.0921 e. The molecule has 1 aromatic heterocycles. The lowest BCUT2D eigenvalue weighted by Crippen LogP contribution is -2.13. The molecule has 0 atom stereocenters. The number of nitrogens with zero attached hydrogens (tertiary/aromatic N) is 2. The van der Waals surface area contributed by atoms with Gasteiger partial charge < -0.3 is 9.88 Å². The molecule has 1 heterocycles. The molecule has 0 radical (unpaired) electrons. The minimum Gasteiger partial charge on any atom is -0.348 e. The number of aryl methyl sites for hydroxylation is 1. The van der Waals surface area contributed by atoms with Crippen LogP contribution in [0.25, 0.3) is 0 Å². The van der Waals surface area contributed by atoms with Crippen LogP contribution in [0.15, 0.2) is 12.5 Å². The molecule has 0 amide bonds. The van der Waals surface area contributed by atoms with Gasteiger partial charge in [-0.1, -0.05) is 0 Å². The van der Waals surface area contributed by atoms with Gasteiger partial charge in [0.05, 0.1) is 6.33 Å². The van der Waals surface area contributed by atoms with Crippen LogP contribution < -0.4 is 0 Å². The van der Waals surface area contributed by atoms with Crippen molar-refractivity contribution in [2.24, 2.45) is 0 Å². The Bertz CT molecular complexity index is 179. The monoisotopic (exact) mass is 153 g/mol. The van der Waals surface area contributed by atoms with E-state index in [-0.39, 0.29) is 0 Å². The molecule has 0 aliphatic carbocycles. The van der Waals surface area contributed by atoms with E-state index in [9.17, 15) is 0 Å². The van der Waals surface area contributed by atoms with E-state index in [4.69, 9.17) is 0 Å². The number of H-pyrrole nitrogens is 1. The summed E-state index contributed by atoms with van der Waals surface area (Å²) in [4.78, 5) is 9.22. The molecule has 0 fully saturated rings. The van der Waals surface area contributed by atoms with E-state index >= 15 is 0 Å². The first-order valence-corrected chi connectivity index (χ1v) is 3.91. The summed E-state index contributed by atoms with van der Waals surface area (Å²) in [5, 5.41) is 0. The van der Waals surface area contributed by atoms with Crippen LogP contribution in [-0.2, 0) is 6.42 Å². The van der Waals surface area contributed by atoms with Crippen molar-refractivity contribution in [2.45, 2.75) is 12.8 Å². The van der Waals surface area contributed by atoms with E-state index in [0.717, 1.165) is 13.0 Å². The maximum absolute atomic E-state index is 3.95. The summed E-state index contributed by atoms with van der Waals surface area (Å²) in [5.74, 6) is 0. The highest BCUT2D eigenvalue weighted by atomic mass is 15.0. The number of aromatic nitrogens is 2. The topological polar surface area (TPSA) is 31.9 Å². The van der Waals surface area contributed by atoms with Gasteiger partial charge in [-0.2, -0.15) is 0 Å². The third-order valence-corrected chi connectivity index (χ3v) is 1.61. The molecule has 0 aliphatic rings. The van der Waals surface area contributed by atoms with Gasteiger partial charge in [0, 0.05) is 11.9 Å². The Morgan fingerprint density at radius 3 is 2.91 bits per heavy atom. The van der Waals surface area contributed by atoms with Gasteiger partial charge in [0.25, 0.3) is 0 Å². The summed E-state index contributed by atoms with van der Waals surface area (Å²) in [6.07, 6.45) is 5.90. The van der Waals surface area contributed by atoms with Gasteiger partial charge in [-0.15, -0.1) is 0 Å². The average Bonchev–Trinajstić information content (AvgIpc) is 2.39. The zero-order valence-corrected chi connectivity index (χ0v) is 7.17. The standard InChI is InChI=1S/C8H15N3/c1-11(2)5-3-4-8-6-9-7-10-8/h6-7H,3-5H2,1-2H3,(H,9,10). The summed E-state index contributed by atoms with van der Waals surface area (Å²) < 4.78 is 0. The molecule has 0 aromatic carbocycles. The Kier molecular flexibility index (Phi) is 3.11. The van der Waals surface area contributed by atoms with Gasteiger partial charge in [0.1, 0.15) is 0 Å². The number of hydrogen-bond acceptors (Lipinski definition) is 2. The molecular weight excluding hydrogens is 138 g/mol. The second-order valence-electron chi connectivity index (χ2n) is 2.98. The highest BCUT2D eigenvalue weighted by Gasteiger charge is 1.94. The van der Waals surface area contributed by atoms with Crippen molar-refractivity contribution in [1.82, 2.24) is 14.9 Å². The molecule has 0 bridgehead atoms. The lowest BCUT2D eigenvalue weighted by molar-refractivity contribution is 0.399. The van der Waals surface area contributed by atoms with Gasteiger partial charge in [0.15, 0.2) is 0 Å². The molecule has 1 rings (SSSR count). The Morgan fingerprint density at radius 1 is 1.55 bits per heavy atom. The van der Waals surface area contributed by atoms with Crippen LogP contribution in [0.1, 0.15) is 12.1 Å². The number of imidazole rings is 1. The predicted octanol–water partition coefficient (Wildman–Crippen LogP) is 0.904. The van der Waals surface area contributed by atoms with Crippen molar-refractivity contribution in [3.63, 3.8) is 0 Å². The molecular formula is C8H15N3. The van der Waals surface area contributed by atoms with E-state index < -0.39 is 0 Å². The molecule has 11 heavy (non-hydrogen) atoms. The molecule has 3 nitrogen and oxygen atoms in total. The van der Waals surface area contributed by atoms with Gasteiger partial charge in [0.2, 0.25) is 0 Å². The molecule has 0 unspecified atom stereocenters. The average molecular weight is 153 g/mol. The van der Waals surface area contributed by atoms with Gasteiger partial charge in [-0.25, -0.2) is 4.98 Å². The third-order valence-electron chi connectivity index (χ3n) is 1.61. The fourth-order valence-electron chi connectivity index (χ4n) is 1.01. The van der Waals surface area contributed by atoms with Crippen LogP contribution >= 0.6 is 0 Å². The SMILES string of the molecule is CN(C)CCCc1cnc[nH]1. The fraction of sp³-hybridized carbons (Fsp3) is 0.625. The van der Waals surface area contributed by atoms with E-state index in [2.05, 4.69) is 29.0 Å². The fourth-order valence-corrected chi connectivity index (χ4v) is 1.01. The number of hydrogen-bond donors (Lipinski definition) is 1. The molecule has 0 aliphatic heterocycles. The highest BCUT2D eigenvalue weighted by molar-refractivity contribution is 4.93. The summed E-state index contributed by atoms with van der Waals surface area (Å²) in [6, 6.07) is 0. The number of nitrogens with one attached hydrogen (secondary N) is 1. The lowest BCUT2D eigenvalue weighted by atomic mass is 10.2. The second-order valence-corrected chi connectivity index (χ2v) is 2.98. The largest absolute Gasteiger partial charge is 0.348 e. The van der Waals surface area contributed by atoms with Crippen LogP contribution in [-0.4, -0.2) is 35.5 Å². The second kappa shape index (κ2) is 4.13. The summed E-state index contributed by atoms with van der Waals surface area (Å²) in [7, 11) is 4.18. The van der Waals surface area contributed by atoms with E-state index in [1.807, 2.05) is 6.20 Å². The third kappa shape index (κ3) is 3.18. The molecule has 0 saturated carbocycles. The zero-order chi connectivity index (χ0) is 8.10. The van der Waals surface area contributed by atoms with Crippen molar-refractivity contribution in [3.8, 4) is 0 Å². The summed E-state index contributed by atoms with van der Waals surface area (Å²) >= 11 is 0. The number of aromatic amines is 1. The Hall–Kier alpha value is -0.830. The van der Waals surface area contributed by atoms with Crippen LogP contribution in [0.2, 0.25) is 0 Å². The van der Waals surface area contributed by atoms with Crippen LogP contribution in [0.3, 0.4) is 0 Å². The Balaban J connectivity index is 2.14. The van der Waals surface area contributed by atoms with Crippen LogP contribution in [0.5, 0.6) is 0 Å². The molecule has 1 aromatic rings. The van der Waals surface area contributed by atoms with Gasteiger partial charge in [-0.05, 0) is 33.5 Å². The van der Waals surface area contributed by atoms with Crippen molar-refractivity contribution < 1.29 is 0 Å². The van der Waals surface area contributed by atoms with Crippen LogP contribution in [0, 0.1) is 0 Å². The molecule has 0 saturated heterocycles. The van der Waals surface area contributed by atoms with E-state index in [1.54, 1.807) is 6.33 Å². The maximum atomic E-state index is 3.95. The quantitative estimate of drug-likeness (QED) is 0.697. The van der Waals surface area contributed by atoms with Gasteiger partial charge in [-0.3, -0.25) is 0 Å². The normalized spacial score (nSPS) is 10.8. The Morgan fingerprint density at radius 2 is 2.36 bits per heavy atom. The first-order valence-electron chi connectivity index (χ1n) is 3.91. The van der Waals surface area contributed by atoms with E-state index in [0.29, 0.717) is 0 Å². The molecule has 0 spiro atoms. The summed E-state index contributed by atoms with van der Waals surface area (Å²) in [5.41, 5.74) is 1.23. The van der Waals surface area contributed by atoms with E-state index in [1.165, 1.54) is 12.1 Å². The first kappa shape index (κ1) is 8.27.